The highest BCUT2D eigenvalue weighted by Crippen LogP contribution is 2.24. The van der Waals surface area contributed by atoms with Crippen LogP contribution in [0.25, 0.3) is 0 Å². The van der Waals surface area contributed by atoms with E-state index >= 15 is 0 Å². The van der Waals surface area contributed by atoms with Crippen LogP contribution in [0.5, 0.6) is 0 Å². The molecule has 0 amide bonds. The first-order valence-electron chi connectivity index (χ1n) is 6.04. The molecule has 1 unspecified atom stereocenters. The SMILES string of the molecule is CCCNC(CCC(F)(F)F)CC1OCCO1. The largest absolute Gasteiger partial charge is 0.389 e. The summed E-state index contributed by atoms with van der Waals surface area (Å²) >= 11 is 0. The summed E-state index contributed by atoms with van der Waals surface area (Å²) in [6.07, 6.45) is -3.75. The van der Waals surface area contributed by atoms with Crippen molar-refractivity contribution in [2.45, 2.75) is 51.1 Å². The standard InChI is InChI=1S/C11H20F3NO2/c1-2-5-15-9(3-4-11(12,13)14)8-10-16-6-7-17-10/h9-10,15H,2-8H2,1H3. The molecule has 0 aromatic carbocycles. The van der Waals surface area contributed by atoms with Gasteiger partial charge in [0.1, 0.15) is 0 Å². The van der Waals surface area contributed by atoms with Gasteiger partial charge in [-0.25, -0.2) is 0 Å². The van der Waals surface area contributed by atoms with E-state index < -0.39 is 12.6 Å². The summed E-state index contributed by atoms with van der Waals surface area (Å²) in [5, 5.41) is 3.11. The maximum absolute atomic E-state index is 12.2. The van der Waals surface area contributed by atoms with Crippen LogP contribution >= 0.6 is 0 Å². The van der Waals surface area contributed by atoms with Gasteiger partial charge in [0.15, 0.2) is 6.29 Å². The first kappa shape index (κ1) is 14.7. The lowest BCUT2D eigenvalue weighted by atomic mass is 10.1. The molecule has 1 saturated heterocycles. The summed E-state index contributed by atoms with van der Waals surface area (Å²) in [7, 11) is 0. The van der Waals surface area contributed by atoms with Gasteiger partial charge in [-0.15, -0.1) is 0 Å². The van der Waals surface area contributed by atoms with Crippen molar-refractivity contribution in [1.82, 2.24) is 5.32 Å². The Morgan fingerprint density at radius 3 is 2.47 bits per heavy atom. The van der Waals surface area contributed by atoms with Gasteiger partial charge in [0.25, 0.3) is 0 Å². The van der Waals surface area contributed by atoms with Crippen LogP contribution in [0.3, 0.4) is 0 Å². The predicted octanol–water partition coefficient (Wildman–Crippen LogP) is 2.46. The smallest absolute Gasteiger partial charge is 0.350 e. The summed E-state index contributed by atoms with van der Waals surface area (Å²) < 4.78 is 47.0. The molecule has 1 heterocycles. The zero-order valence-corrected chi connectivity index (χ0v) is 10.1. The normalized spacial score (nSPS) is 19.8. The molecule has 0 aliphatic carbocycles. The second-order valence-corrected chi connectivity index (χ2v) is 4.21. The minimum Gasteiger partial charge on any atom is -0.350 e. The molecule has 0 aromatic rings. The van der Waals surface area contributed by atoms with Crippen molar-refractivity contribution in [2.75, 3.05) is 19.8 Å². The first-order chi connectivity index (χ1) is 8.01. The number of nitrogens with one attached hydrogen (secondary N) is 1. The summed E-state index contributed by atoms with van der Waals surface area (Å²) in [5.74, 6) is 0. The highest BCUT2D eigenvalue weighted by molar-refractivity contribution is 4.71. The Morgan fingerprint density at radius 2 is 1.94 bits per heavy atom. The van der Waals surface area contributed by atoms with Gasteiger partial charge in [-0.3, -0.25) is 0 Å². The van der Waals surface area contributed by atoms with Gasteiger partial charge in [0, 0.05) is 18.9 Å². The quantitative estimate of drug-likeness (QED) is 0.758. The molecule has 17 heavy (non-hydrogen) atoms. The number of ether oxygens (including phenoxy) is 2. The van der Waals surface area contributed by atoms with Crippen molar-refractivity contribution < 1.29 is 22.6 Å². The molecule has 1 aliphatic rings. The highest BCUT2D eigenvalue weighted by atomic mass is 19.4. The summed E-state index contributed by atoms with van der Waals surface area (Å²) in [6, 6.07) is -0.195. The summed E-state index contributed by atoms with van der Waals surface area (Å²) in [6.45, 7) is 3.76. The molecule has 1 atom stereocenters. The van der Waals surface area contributed by atoms with Crippen LogP contribution in [0.15, 0.2) is 0 Å². The van der Waals surface area contributed by atoms with Crippen LogP contribution in [0.4, 0.5) is 13.2 Å². The Morgan fingerprint density at radius 1 is 1.29 bits per heavy atom. The predicted molar refractivity (Wildman–Crippen MR) is 57.7 cm³/mol. The first-order valence-corrected chi connectivity index (χ1v) is 6.04. The number of hydrogen-bond donors (Lipinski definition) is 1. The van der Waals surface area contributed by atoms with Gasteiger partial charge in [-0.2, -0.15) is 13.2 Å². The third kappa shape index (κ3) is 6.85. The maximum atomic E-state index is 12.2. The Balaban J connectivity index is 2.30. The summed E-state index contributed by atoms with van der Waals surface area (Å²) in [5.41, 5.74) is 0. The Kier molecular flexibility index (Phi) is 6.22. The lowest BCUT2D eigenvalue weighted by Gasteiger charge is -2.21. The third-order valence-electron chi connectivity index (χ3n) is 2.63. The van der Waals surface area contributed by atoms with Gasteiger partial charge >= 0.3 is 6.18 Å². The van der Waals surface area contributed by atoms with E-state index in [2.05, 4.69) is 5.32 Å². The average molecular weight is 255 g/mol. The molecule has 0 bridgehead atoms. The molecular weight excluding hydrogens is 235 g/mol. The topological polar surface area (TPSA) is 30.5 Å². The van der Waals surface area contributed by atoms with Gasteiger partial charge in [-0.05, 0) is 19.4 Å². The number of rotatable bonds is 7. The number of halogens is 3. The van der Waals surface area contributed by atoms with Crippen molar-refractivity contribution in [1.29, 1.82) is 0 Å². The molecule has 1 aliphatic heterocycles. The van der Waals surface area contributed by atoms with E-state index in [0.29, 0.717) is 19.6 Å². The molecule has 3 nitrogen and oxygen atoms in total. The molecule has 0 radical (unpaired) electrons. The highest BCUT2D eigenvalue weighted by Gasteiger charge is 2.29. The lowest BCUT2D eigenvalue weighted by Crippen LogP contribution is -2.34. The average Bonchev–Trinajstić information content (AvgIpc) is 2.73. The van der Waals surface area contributed by atoms with E-state index in [1.807, 2.05) is 6.92 Å². The Bertz CT molecular complexity index is 205. The van der Waals surface area contributed by atoms with Gasteiger partial charge < -0.3 is 14.8 Å². The van der Waals surface area contributed by atoms with Crippen LogP contribution in [0.2, 0.25) is 0 Å². The molecule has 0 saturated carbocycles. The molecule has 0 spiro atoms. The maximum Gasteiger partial charge on any atom is 0.389 e. The zero-order valence-electron chi connectivity index (χ0n) is 10.1. The second-order valence-electron chi connectivity index (χ2n) is 4.21. The van der Waals surface area contributed by atoms with Crippen LogP contribution in [0.1, 0.15) is 32.6 Å². The fourth-order valence-corrected chi connectivity index (χ4v) is 1.77. The zero-order chi connectivity index (χ0) is 12.7. The number of alkyl halides is 3. The van der Waals surface area contributed by atoms with Crippen molar-refractivity contribution in [3.63, 3.8) is 0 Å². The van der Waals surface area contributed by atoms with Crippen molar-refractivity contribution in [3.05, 3.63) is 0 Å². The Labute approximate surface area is 99.7 Å². The van der Waals surface area contributed by atoms with Crippen molar-refractivity contribution >= 4 is 0 Å². The van der Waals surface area contributed by atoms with Crippen molar-refractivity contribution in [2.24, 2.45) is 0 Å². The van der Waals surface area contributed by atoms with Crippen LogP contribution in [-0.4, -0.2) is 38.3 Å². The van der Waals surface area contributed by atoms with Crippen molar-refractivity contribution in [3.8, 4) is 0 Å². The Hall–Kier alpha value is -0.330. The van der Waals surface area contributed by atoms with Gasteiger partial charge in [-0.1, -0.05) is 6.92 Å². The van der Waals surface area contributed by atoms with Crippen LogP contribution in [-0.2, 0) is 9.47 Å². The molecule has 1 fully saturated rings. The van der Waals surface area contributed by atoms with Gasteiger partial charge in [0.2, 0.25) is 0 Å². The molecule has 1 N–H and O–H groups in total. The van der Waals surface area contributed by atoms with E-state index in [1.165, 1.54) is 0 Å². The van der Waals surface area contributed by atoms with Gasteiger partial charge in [0.05, 0.1) is 13.2 Å². The molecule has 0 aromatic heterocycles. The fraction of sp³-hybridized carbons (Fsp3) is 1.00. The monoisotopic (exact) mass is 255 g/mol. The summed E-state index contributed by atoms with van der Waals surface area (Å²) in [4.78, 5) is 0. The second kappa shape index (κ2) is 7.18. The minimum absolute atomic E-state index is 0.0761. The van der Waals surface area contributed by atoms with E-state index in [-0.39, 0.29) is 18.8 Å². The van der Waals surface area contributed by atoms with E-state index in [4.69, 9.17) is 9.47 Å². The van der Waals surface area contributed by atoms with E-state index in [0.717, 1.165) is 13.0 Å². The molecule has 6 heteroatoms. The molecule has 1 rings (SSSR count). The van der Waals surface area contributed by atoms with Crippen LogP contribution < -0.4 is 5.32 Å². The molecule has 102 valence electrons. The lowest BCUT2D eigenvalue weighted by molar-refractivity contribution is -0.138. The minimum atomic E-state index is -4.09. The fourth-order valence-electron chi connectivity index (χ4n) is 1.77. The van der Waals surface area contributed by atoms with E-state index in [1.54, 1.807) is 0 Å². The van der Waals surface area contributed by atoms with E-state index in [9.17, 15) is 13.2 Å². The van der Waals surface area contributed by atoms with Crippen LogP contribution in [0, 0.1) is 0 Å². The molecular formula is C11H20F3NO2. The third-order valence-corrected chi connectivity index (χ3v) is 2.63. The number of hydrogen-bond acceptors (Lipinski definition) is 3.